The summed E-state index contributed by atoms with van der Waals surface area (Å²) in [6, 6.07) is 6.74. The Labute approximate surface area is 188 Å². The lowest BCUT2D eigenvalue weighted by atomic mass is 10.0. The fourth-order valence-electron chi connectivity index (χ4n) is 3.42. The van der Waals surface area contributed by atoms with E-state index >= 15 is 0 Å². The molecule has 0 bridgehead atoms. The van der Waals surface area contributed by atoms with Gasteiger partial charge in [-0.15, -0.1) is 0 Å². The molecule has 10 nitrogen and oxygen atoms in total. The fraction of sp³-hybridized carbons (Fsp3) is 0.476. The molecule has 0 radical (unpaired) electrons. The SMILES string of the molecule is Cc1cc(NC(=O)C(NC(=O)c2cccc(S(=O)(=O)N3CCOCC3)c2)C(C)C)n(C)n1. The van der Waals surface area contributed by atoms with E-state index in [1.807, 2.05) is 20.8 Å². The first-order valence-corrected chi connectivity index (χ1v) is 11.8. The van der Waals surface area contributed by atoms with Gasteiger partial charge in [-0.2, -0.15) is 9.40 Å². The second-order valence-electron chi connectivity index (χ2n) is 8.02. The van der Waals surface area contributed by atoms with Gasteiger partial charge in [0.05, 0.1) is 23.8 Å². The number of sulfonamides is 1. The van der Waals surface area contributed by atoms with Crippen LogP contribution in [0.5, 0.6) is 0 Å². The Kier molecular flexibility index (Phi) is 7.32. The average molecular weight is 464 g/mol. The van der Waals surface area contributed by atoms with E-state index in [2.05, 4.69) is 15.7 Å². The van der Waals surface area contributed by atoms with Gasteiger partial charge in [-0.3, -0.25) is 14.3 Å². The van der Waals surface area contributed by atoms with Crippen molar-refractivity contribution in [3.8, 4) is 0 Å². The van der Waals surface area contributed by atoms with Crippen LogP contribution in [0, 0.1) is 12.8 Å². The lowest BCUT2D eigenvalue weighted by molar-refractivity contribution is -0.118. The highest BCUT2D eigenvalue weighted by Crippen LogP contribution is 2.19. The topological polar surface area (TPSA) is 123 Å². The zero-order valence-electron chi connectivity index (χ0n) is 18.7. The Morgan fingerprint density at radius 1 is 1.16 bits per heavy atom. The van der Waals surface area contributed by atoms with Crippen molar-refractivity contribution in [2.75, 3.05) is 31.6 Å². The van der Waals surface area contributed by atoms with Crippen molar-refractivity contribution in [3.63, 3.8) is 0 Å². The third-order valence-corrected chi connectivity index (χ3v) is 7.09. The normalized spacial score (nSPS) is 16.0. The molecule has 0 saturated carbocycles. The highest BCUT2D eigenvalue weighted by Gasteiger charge is 2.29. The van der Waals surface area contributed by atoms with Gasteiger partial charge in [0.15, 0.2) is 0 Å². The highest BCUT2D eigenvalue weighted by atomic mass is 32.2. The lowest BCUT2D eigenvalue weighted by Crippen LogP contribution is -2.47. The molecular formula is C21H29N5O5S. The molecule has 2 aromatic rings. The molecule has 1 fully saturated rings. The number of morpholine rings is 1. The summed E-state index contributed by atoms with van der Waals surface area (Å²) in [6.45, 7) is 6.65. The first-order chi connectivity index (χ1) is 15.1. The van der Waals surface area contributed by atoms with Gasteiger partial charge < -0.3 is 15.4 Å². The second-order valence-corrected chi connectivity index (χ2v) is 9.96. The largest absolute Gasteiger partial charge is 0.379 e. The van der Waals surface area contributed by atoms with Crippen molar-refractivity contribution in [3.05, 3.63) is 41.6 Å². The maximum Gasteiger partial charge on any atom is 0.251 e. The van der Waals surface area contributed by atoms with Gasteiger partial charge in [0.25, 0.3) is 5.91 Å². The smallest absolute Gasteiger partial charge is 0.251 e. The van der Waals surface area contributed by atoms with Crippen LogP contribution in [0.25, 0.3) is 0 Å². The molecule has 0 spiro atoms. The number of aromatic nitrogens is 2. The molecule has 2 amide bonds. The quantitative estimate of drug-likeness (QED) is 0.635. The zero-order valence-corrected chi connectivity index (χ0v) is 19.5. The van der Waals surface area contributed by atoms with Crippen LogP contribution in [0.3, 0.4) is 0 Å². The van der Waals surface area contributed by atoms with Crippen LogP contribution < -0.4 is 10.6 Å². The van der Waals surface area contributed by atoms with E-state index in [1.165, 1.54) is 28.6 Å². The van der Waals surface area contributed by atoms with Gasteiger partial charge >= 0.3 is 0 Å². The van der Waals surface area contributed by atoms with Crippen molar-refractivity contribution < 1.29 is 22.7 Å². The van der Waals surface area contributed by atoms with Gasteiger partial charge in [0.2, 0.25) is 15.9 Å². The Hall–Kier alpha value is -2.76. The number of aryl methyl sites for hydroxylation is 2. The van der Waals surface area contributed by atoms with Crippen LogP contribution in [0.1, 0.15) is 29.9 Å². The number of hydrogen-bond acceptors (Lipinski definition) is 6. The second kappa shape index (κ2) is 9.80. The Morgan fingerprint density at radius 2 is 1.84 bits per heavy atom. The van der Waals surface area contributed by atoms with Crippen LogP contribution in [-0.4, -0.2) is 66.7 Å². The van der Waals surface area contributed by atoms with E-state index in [0.717, 1.165) is 5.69 Å². The predicted molar refractivity (Wildman–Crippen MR) is 119 cm³/mol. The molecule has 1 aromatic heterocycles. The first-order valence-electron chi connectivity index (χ1n) is 10.4. The molecule has 1 atom stereocenters. The third-order valence-electron chi connectivity index (χ3n) is 5.19. The monoisotopic (exact) mass is 463 g/mol. The van der Waals surface area contributed by atoms with Crippen molar-refractivity contribution in [2.45, 2.75) is 31.7 Å². The van der Waals surface area contributed by atoms with Crippen molar-refractivity contribution in [1.29, 1.82) is 0 Å². The molecule has 1 aliphatic rings. The van der Waals surface area contributed by atoms with E-state index in [9.17, 15) is 18.0 Å². The van der Waals surface area contributed by atoms with Gasteiger partial charge in [0, 0.05) is 31.8 Å². The summed E-state index contributed by atoms with van der Waals surface area (Å²) >= 11 is 0. The molecule has 1 saturated heterocycles. The lowest BCUT2D eigenvalue weighted by Gasteiger charge is -2.26. The number of anilines is 1. The molecule has 1 unspecified atom stereocenters. The Balaban J connectivity index is 1.76. The number of carbonyl (C=O) groups excluding carboxylic acids is 2. The van der Waals surface area contributed by atoms with Crippen LogP contribution in [0.2, 0.25) is 0 Å². The third kappa shape index (κ3) is 5.34. The molecule has 1 aliphatic heterocycles. The minimum Gasteiger partial charge on any atom is -0.379 e. The summed E-state index contributed by atoms with van der Waals surface area (Å²) in [6.07, 6.45) is 0. The van der Waals surface area contributed by atoms with Crippen molar-refractivity contribution >= 4 is 27.7 Å². The number of hydrogen-bond donors (Lipinski definition) is 2. The number of carbonyl (C=O) groups is 2. The maximum absolute atomic E-state index is 12.9. The van der Waals surface area contributed by atoms with Gasteiger partial charge in [-0.05, 0) is 31.0 Å². The van der Waals surface area contributed by atoms with E-state index in [-0.39, 0.29) is 35.4 Å². The summed E-state index contributed by atoms with van der Waals surface area (Å²) in [7, 11) is -2.02. The van der Waals surface area contributed by atoms with Crippen LogP contribution in [-0.2, 0) is 26.6 Å². The van der Waals surface area contributed by atoms with E-state index in [4.69, 9.17) is 4.74 Å². The number of nitrogens with one attached hydrogen (secondary N) is 2. The number of ether oxygens (including phenoxy) is 1. The molecule has 32 heavy (non-hydrogen) atoms. The van der Waals surface area contributed by atoms with Gasteiger partial charge in [-0.25, -0.2) is 8.42 Å². The number of benzene rings is 1. The molecule has 2 N–H and O–H groups in total. The Morgan fingerprint density at radius 3 is 2.44 bits per heavy atom. The molecular weight excluding hydrogens is 434 g/mol. The van der Waals surface area contributed by atoms with Crippen LogP contribution in [0.4, 0.5) is 5.82 Å². The fourth-order valence-corrected chi connectivity index (χ4v) is 4.88. The standard InChI is InChI=1S/C21H29N5O5S/c1-14(2)19(21(28)22-18-12-15(3)24-25(18)4)23-20(27)16-6-5-7-17(13-16)32(29,30)26-8-10-31-11-9-26/h5-7,12-14,19H,8-11H2,1-4H3,(H,22,28)(H,23,27). The predicted octanol–water partition coefficient (Wildman–Crippen LogP) is 1.14. The number of nitrogens with zero attached hydrogens (tertiary/aromatic N) is 3. The van der Waals surface area contributed by atoms with E-state index in [1.54, 1.807) is 17.8 Å². The highest BCUT2D eigenvalue weighted by molar-refractivity contribution is 7.89. The summed E-state index contributed by atoms with van der Waals surface area (Å²) in [4.78, 5) is 25.8. The minimum atomic E-state index is -3.74. The molecule has 2 heterocycles. The van der Waals surface area contributed by atoms with Crippen molar-refractivity contribution in [2.24, 2.45) is 13.0 Å². The van der Waals surface area contributed by atoms with Gasteiger partial charge in [-0.1, -0.05) is 19.9 Å². The molecule has 11 heteroatoms. The van der Waals surface area contributed by atoms with Gasteiger partial charge in [0.1, 0.15) is 11.9 Å². The average Bonchev–Trinajstić information content (AvgIpc) is 3.08. The van der Waals surface area contributed by atoms with Crippen molar-refractivity contribution in [1.82, 2.24) is 19.4 Å². The first kappa shape index (κ1) is 23.9. The summed E-state index contributed by atoms with van der Waals surface area (Å²) in [5.74, 6) is -0.591. The zero-order chi connectivity index (χ0) is 23.5. The summed E-state index contributed by atoms with van der Waals surface area (Å²) < 4.78 is 33.9. The summed E-state index contributed by atoms with van der Waals surface area (Å²) in [5, 5.41) is 9.70. The minimum absolute atomic E-state index is 0.0305. The van der Waals surface area contributed by atoms with E-state index in [0.29, 0.717) is 19.0 Å². The number of amides is 2. The van der Waals surface area contributed by atoms with Crippen LogP contribution in [0.15, 0.2) is 35.2 Å². The number of rotatable bonds is 7. The molecule has 1 aromatic carbocycles. The summed E-state index contributed by atoms with van der Waals surface area (Å²) in [5.41, 5.74) is 0.917. The molecule has 3 rings (SSSR count). The molecule has 0 aliphatic carbocycles. The van der Waals surface area contributed by atoms with E-state index < -0.39 is 22.0 Å². The maximum atomic E-state index is 12.9. The Bertz CT molecular complexity index is 1090. The van der Waals surface area contributed by atoms with Crippen LogP contribution >= 0.6 is 0 Å². The molecule has 174 valence electrons.